The summed E-state index contributed by atoms with van der Waals surface area (Å²) in [6.45, 7) is 0. The predicted octanol–water partition coefficient (Wildman–Crippen LogP) is 1.28. The quantitative estimate of drug-likeness (QED) is 0.921. The van der Waals surface area contributed by atoms with Crippen molar-refractivity contribution in [2.45, 2.75) is 6.04 Å². The van der Waals surface area contributed by atoms with E-state index in [4.69, 9.17) is 0 Å². The van der Waals surface area contributed by atoms with Crippen LogP contribution in [-0.2, 0) is 7.05 Å². The minimum atomic E-state index is -0.0666. The minimum absolute atomic E-state index is 0.0666. The molecule has 0 amide bonds. The lowest BCUT2D eigenvalue weighted by Gasteiger charge is -2.15. The minimum Gasteiger partial charge on any atom is -0.305 e. The first-order valence-corrected chi connectivity index (χ1v) is 5.65. The number of aryl methyl sites for hydroxylation is 1. The lowest BCUT2D eigenvalue weighted by atomic mass is 10.2. The third kappa shape index (κ3) is 1.98. The fourth-order valence-electron chi connectivity index (χ4n) is 1.59. The first kappa shape index (κ1) is 11.2. The lowest BCUT2D eigenvalue weighted by Crippen LogP contribution is -2.23. The molecule has 84 valence electrons. The van der Waals surface area contributed by atoms with E-state index in [2.05, 4.69) is 36.3 Å². The Hall–Kier alpha value is -1.27. The van der Waals surface area contributed by atoms with Crippen LogP contribution in [0.25, 0.3) is 0 Å². The number of halogens is 1. The molecule has 0 aliphatic carbocycles. The van der Waals surface area contributed by atoms with Gasteiger partial charge in [0.05, 0.1) is 16.4 Å². The van der Waals surface area contributed by atoms with Crippen LogP contribution in [0.5, 0.6) is 0 Å². The molecule has 1 N–H and O–H groups in total. The maximum atomic E-state index is 4.25. The van der Waals surface area contributed by atoms with E-state index < -0.39 is 0 Å². The second kappa shape index (κ2) is 4.71. The van der Waals surface area contributed by atoms with Gasteiger partial charge in [0, 0.05) is 19.4 Å². The first-order chi connectivity index (χ1) is 7.74. The fraction of sp³-hybridized carbons (Fsp3) is 0.300. The molecule has 2 aromatic rings. The Kier molecular flexibility index (Phi) is 3.31. The van der Waals surface area contributed by atoms with E-state index in [9.17, 15) is 0 Å². The van der Waals surface area contributed by atoms with Gasteiger partial charge in [-0.25, -0.2) is 9.97 Å². The molecule has 0 saturated heterocycles. The van der Waals surface area contributed by atoms with E-state index in [1.165, 1.54) is 0 Å². The average molecular weight is 282 g/mol. The van der Waals surface area contributed by atoms with Gasteiger partial charge in [0.15, 0.2) is 5.82 Å². The fourth-order valence-corrected chi connectivity index (χ4v) is 2.17. The van der Waals surface area contributed by atoms with Crippen LogP contribution in [0.1, 0.15) is 17.6 Å². The molecule has 0 spiro atoms. The highest BCUT2D eigenvalue weighted by Crippen LogP contribution is 2.25. The molecule has 5 nitrogen and oxygen atoms in total. The number of nitrogens with one attached hydrogen (secondary N) is 1. The van der Waals surface area contributed by atoms with E-state index >= 15 is 0 Å². The summed E-state index contributed by atoms with van der Waals surface area (Å²) in [6.07, 6.45) is 5.23. The molecule has 0 aliphatic rings. The third-order valence-electron chi connectivity index (χ3n) is 2.34. The summed E-state index contributed by atoms with van der Waals surface area (Å²) >= 11 is 3.48. The molecule has 16 heavy (non-hydrogen) atoms. The summed E-state index contributed by atoms with van der Waals surface area (Å²) in [5.74, 6) is 0.731. The molecule has 2 heterocycles. The van der Waals surface area contributed by atoms with Crippen LogP contribution in [0.3, 0.4) is 0 Å². The summed E-state index contributed by atoms with van der Waals surface area (Å²) in [5, 5.41) is 7.37. The molecule has 2 aromatic heterocycles. The molecule has 0 fully saturated rings. The second-order valence-electron chi connectivity index (χ2n) is 3.33. The highest BCUT2D eigenvalue weighted by molar-refractivity contribution is 9.10. The Balaban J connectivity index is 2.45. The molecule has 2 rings (SSSR count). The van der Waals surface area contributed by atoms with Gasteiger partial charge in [0.25, 0.3) is 0 Å². The smallest absolute Gasteiger partial charge is 0.151 e. The molecule has 0 bridgehead atoms. The summed E-state index contributed by atoms with van der Waals surface area (Å²) in [5.41, 5.74) is 1.01. The topological polar surface area (TPSA) is 55.6 Å². The number of hydrogen-bond acceptors (Lipinski definition) is 4. The zero-order valence-corrected chi connectivity index (χ0v) is 10.6. The zero-order chi connectivity index (χ0) is 11.5. The molecule has 0 saturated carbocycles. The monoisotopic (exact) mass is 281 g/mol. The molecular formula is C10H12BrN5. The van der Waals surface area contributed by atoms with Gasteiger partial charge in [0.1, 0.15) is 6.04 Å². The van der Waals surface area contributed by atoms with Crippen LogP contribution in [0.4, 0.5) is 0 Å². The maximum Gasteiger partial charge on any atom is 0.151 e. The van der Waals surface area contributed by atoms with Crippen LogP contribution in [-0.4, -0.2) is 26.8 Å². The number of aromatic nitrogens is 4. The van der Waals surface area contributed by atoms with Gasteiger partial charge >= 0.3 is 0 Å². The van der Waals surface area contributed by atoms with Crippen molar-refractivity contribution in [3.63, 3.8) is 0 Å². The van der Waals surface area contributed by atoms with Crippen molar-refractivity contribution >= 4 is 15.9 Å². The lowest BCUT2D eigenvalue weighted by molar-refractivity contribution is 0.577. The van der Waals surface area contributed by atoms with E-state index in [1.807, 2.05) is 18.8 Å². The van der Waals surface area contributed by atoms with Gasteiger partial charge in [-0.05, 0) is 29.0 Å². The molecular weight excluding hydrogens is 270 g/mol. The van der Waals surface area contributed by atoms with Gasteiger partial charge in [0.2, 0.25) is 0 Å². The highest BCUT2D eigenvalue weighted by Gasteiger charge is 2.20. The van der Waals surface area contributed by atoms with Crippen LogP contribution in [0, 0.1) is 0 Å². The van der Waals surface area contributed by atoms with Crippen molar-refractivity contribution in [2.24, 2.45) is 7.05 Å². The number of hydrogen-bond donors (Lipinski definition) is 1. The highest BCUT2D eigenvalue weighted by atomic mass is 79.9. The van der Waals surface area contributed by atoms with E-state index in [0.717, 1.165) is 16.0 Å². The SMILES string of the molecule is CNC(c1ncccn1)c1c(Br)cnn1C. The van der Waals surface area contributed by atoms with Crippen molar-refractivity contribution in [2.75, 3.05) is 7.05 Å². The van der Waals surface area contributed by atoms with Gasteiger partial charge in [-0.2, -0.15) is 5.10 Å². The Morgan fingerprint density at radius 2 is 2.06 bits per heavy atom. The Labute approximate surface area is 102 Å². The first-order valence-electron chi connectivity index (χ1n) is 4.85. The van der Waals surface area contributed by atoms with Gasteiger partial charge in [-0.15, -0.1) is 0 Å². The van der Waals surface area contributed by atoms with Crippen LogP contribution in [0.2, 0.25) is 0 Å². The molecule has 0 radical (unpaired) electrons. The third-order valence-corrected chi connectivity index (χ3v) is 2.95. The standard InChI is InChI=1S/C10H12BrN5/c1-12-8(10-13-4-3-5-14-10)9-7(11)6-15-16(9)2/h3-6,8,12H,1-2H3. The van der Waals surface area contributed by atoms with Crippen molar-refractivity contribution in [1.82, 2.24) is 25.1 Å². The van der Waals surface area contributed by atoms with Crippen molar-refractivity contribution < 1.29 is 0 Å². The van der Waals surface area contributed by atoms with E-state index in [0.29, 0.717) is 0 Å². The predicted molar refractivity (Wildman–Crippen MR) is 63.8 cm³/mol. The largest absolute Gasteiger partial charge is 0.305 e. The Bertz CT molecular complexity index is 448. The van der Waals surface area contributed by atoms with Gasteiger partial charge in [-0.3, -0.25) is 4.68 Å². The second-order valence-corrected chi connectivity index (χ2v) is 4.18. The van der Waals surface area contributed by atoms with E-state index in [-0.39, 0.29) is 6.04 Å². The van der Waals surface area contributed by atoms with Crippen LogP contribution >= 0.6 is 15.9 Å². The van der Waals surface area contributed by atoms with Crippen LogP contribution in [0.15, 0.2) is 29.1 Å². The Morgan fingerprint density at radius 3 is 2.56 bits per heavy atom. The summed E-state index contributed by atoms with van der Waals surface area (Å²) < 4.78 is 2.75. The van der Waals surface area contributed by atoms with Crippen LogP contribution < -0.4 is 5.32 Å². The average Bonchev–Trinajstić information content (AvgIpc) is 2.63. The number of rotatable bonds is 3. The summed E-state index contributed by atoms with van der Waals surface area (Å²) in [7, 11) is 3.77. The summed E-state index contributed by atoms with van der Waals surface area (Å²) in [4.78, 5) is 8.51. The van der Waals surface area contributed by atoms with Crippen molar-refractivity contribution in [3.8, 4) is 0 Å². The Morgan fingerprint density at radius 1 is 1.38 bits per heavy atom. The molecule has 0 aliphatic heterocycles. The normalized spacial score (nSPS) is 12.7. The molecule has 0 aromatic carbocycles. The maximum absolute atomic E-state index is 4.25. The molecule has 6 heteroatoms. The molecule has 1 unspecified atom stereocenters. The zero-order valence-electron chi connectivity index (χ0n) is 9.05. The number of nitrogens with zero attached hydrogens (tertiary/aromatic N) is 4. The molecule has 1 atom stereocenters. The van der Waals surface area contributed by atoms with E-state index in [1.54, 1.807) is 24.7 Å². The van der Waals surface area contributed by atoms with Crippen molar-refractivity contribution in [3.05, 3.63) is 40.6 Å². The van der Waals surface area contributed by atoms with Gasteiger partial charge < -0.3 is 5.32 Å². The van der Waals surface area contributed by atoms with Gasteiger partial charge in [-0.1, -0.05) is 0 Å². The van der Waals surface area contributed by atoms with Crippen molar-refractivity contribution in [1.29, 1.82) is 0 Å². The summed E-state index contributed by atoms with van der Waals surface area (Å²) in [6, 6.07) is 1.73.